The predicted octanol–water partition coefficient (Wildman–Crippen LogP) is 4.77. The molecule has 0 radical (unpaired) electrons. The van der Waals surface area contributed by atoms with Crippen molar-refractivity contribution in [2.75, 3.05) is 0 Å². The number of phenolic OH excluding ortho intramolecular Hbond substituents is 1. The van der Waals surface area contributed by atoms with E-state index in [0.29, 0.717) is 10.6 Å². The van der Waals surface area contributed by atoms with Crippen molar-refractivity contribution in [2.24, 2.45) is 0 Å². The van der Waals surface area contributed by atoms with Gasteiger partial charge in [0, 0.05) is 10.6 Å². The number of aromatic hydroxyl groups is 1. The molecule has 132 valence electrons. The number of hydrogen-bond acceptors (Lipinski definition) is 4. The lowest BCUT2D eigenvalue weighted by Gasteiger charge is -2.19. The second-order valence-electron chi connectivity index (χ2n) is 6.90. The predicted molar refractivity (Wildman–Crippen MR) is 97.5 cm³/mol. The number of halogens is 1. The van der Waals surface area contributed by atoms with Gasteiger partial charge in [0.1, 0.15) is 11.3 Å². The monoisotopic (exact) mass is 360 g/mol. The lowest BCUT2D eigenvalue weighted by atomic mass is 9.86. The fraction of sp³-hybridized carbons (Fsp3) is 0.300. The largest absolute Gasteiger partial charge is 0.507 e. The number of phenols is 1. The van der Waals surface area contributed by atoms with Crippen molar-refractivity contribution in [3.63, 3.8) is 0 Å². The zero-order valence-corrected chi connectivity index (χ0v) is 15.4. The van der Waals surface area contributed by atoms with Gasteiger partial charge in [0.15, 0.2) is 6.10 Å². The second kappa shape index (κ2) is 7.28. The van der Waals surface area contributed by atoms with Gasteiger partial charge in [0.2, 0.25) is 5.78 Å². The molecule has 2 rings (SSSR count). The van der Waals surface area contributed by atoms with E-state index in [0.717, 1.165) is 5.56 Å². The standard InChI is InChI=1S/C20H21ClO4/c1-12(25-19(24)16-10-9-15(21)11-17(16)22)18(23)13-5-7-14(8-6-13)20(2,3)4/h5-12,22H,1-4H3/t12-/m1/s1. The number of Topliss-reactive ketones (excluding diaryl/α,β-unsaturated/α-hetero) is 1. The van der Waals surface area contributed by atoms with Crippen LogP contribution in [-0.4, -0.2) is 23.0 Å². The van der Waals surface area contributed by atoms with Gasteiger partial charge >= 0.3 is 5.97 Å². The Labute approximate surface area is 152 Å². The molecule has 0 saturated carbocycles. The number of carbonyl (C=O) groups is 2. The number of esters is 1. The molecule has 0 aromatic heterocycles. The van der Waals surface area contributed by atoms with Crippen molar-refractivity contribution in [1.82, 2.24) is 0 Å². The zero-order valence-electron chi connectivity index (χ0n) is 14.7. The SMILES string of the molecule is C[C@@H](OC(=O)c1ccc(Cl)cc1O)C(=O)c1ccc(C(C)(C)C)cc1. The molecule has 5 heteroatoms. The number of ketones is 1. The van der Waals surface area contributed by atoms with Crippen LogP contribution in [0.5, 0.6) is 5.75 Å². The zero-order chi connectivity index (χ0) is 18.8. The third-order valence-corrected chi connectivity index (χ3v) is 4.10. The highest BCUT2D eigenvalue weighted by atomic mass is 35.5. The highest BCUT2D eigenvalue weighted by Gasteiger charge is 2.23. The van der Waals surface area contributed by atoms with Crippen LogP contribution >= 0.6 is 11.6 Å². The third-order valence-electron chi connectivity index (χ3n) is 3.87. The van der Waals surface area contributed by atoms with Crippen molar-refractivity contribution in [3.8, 4) is 5.75 Å². The molecule has 0 aliphatic rings. The van der Waals surface area contributed by atoms with Gasteiger partial charge in [-0.25, -0.2) is 4.79 Å². The van der Waals surface area contributed by atoms with E-state index in [4.69, 9.17) is 16.3 Å². The van der Waals surface area contributed by atoms with Gasteiger partial charge in [-0.05, 0) is 36.1 Å². The lowest BCUT2D eigenvalue weighted by Crippen LogP contribution is -2.24. The summed E-state index contributed by atoms with van der Waals surface area (Å²) in [6.45, 7) is 7.78. The molecule has 0 heterocycles. The summed E-state index contributed by atoms with van der Waals surface area (Å²) in [7, 11) is 0. The van der Waals surface area contributed by atoms with E-state index >= 15 is 0 Å². The van der Waals surface area contributed by atoms with E-state index in [1.807, 2.05) is 12.1 Å². The van der Waals surface area contributed by atoms with Crippen LogP contribution in [0.4, 0.5) is 0 Å². The first-order chi connectivity index (χ1) is 11.6. The highest BCUT2D eigenvalue weighted by molar-refractivity contribution is 6.30. The van der Waals surface area contributed by atoms with Crippen LogP contribution in [-0.2, 0) is 10.2 Å². The Morgan fingerprint density at radius 3 is 2.20 bits per heavy atom. The second-order valence-corrected chi connectivity index (χ2v) is 7.34. The van der Waals surface area contributed by atoms with Crippen molar-refractivity contribution >= 4 is 23.4 Å². The minimum Gasteiger partial charge on any atom is -0.507 e. The minimum absolute atomic E-state index is 0.00817. The Kier molecular flexibility index (Phi) is 5.53. The van der Waals surface area contributed by atoms with Crippen LogP contribution in [0.3, 0.4) is 0 Å². The fourth-order valence-corrected chi connectivity index (χ4v) is 2.49. The van der Waals surface area contributed by atoms with E-state index in [1.54, 1.807) is 12.1 Å². The third kappa shape index (κ3) is 4.60. The maximum Gasteiger partial charge on any atom is 0.342 e. The van der Waals surface area contributed by atoms with Crippen LogP contribution in [0, 0.1) is 0 Å². The topological polar surface area (TPSA) is 63.6 Å². The summed E-state index contributed by atoms with van der Waals surface area (Å²) in [5, 5.41) is 10.1. The molecule has 0 aliphatic heterocycles. The van der Waals surface area contributed by atoms with Crippen molar-refractivity contribution < 1.29 is 19.4 Å². The Morgan fingerprint density at radius 2 is 1.68 bits per heavy atom. The van der Waals surface area contributed by atoms with Crippen LogP contribution < -0.4 is 0 Å². The van der Waals surface area contributed by atoms with E-state index in [1.165, 1.54) is 25.1 Å². The summed E-state index contributed by atoms with van der Waals surface area (Å²) in [5.74, 6) is -1.37. The van der Waals surface area contributed by atoms with Crippen LogP contribution in [0.1, 0.15) is 54.0 Å². The van der Waals surface area contributed by atoms with Crippen molar-refractivity contribution in [3.05, 3.63) is 64.2 Å². The Balaban J connectivity index is 2.10. The number of hydrogen-bond donors (Lipinski definition) is 1. The quantitative estimate of drug-likeness (QED) is 0.630. The van der Waals surface area contributed by atoms with Gasteiger partial charge in [-0.1, -0.05) is 56.6 Å². The minimum atomic E-state index is -0.969. The molecular formula is C20H21ClO4. The van der Waals surface area contributed by atoms with Gasteiger partial charge < -0.3 is 9.84 Å². The molecule has 4 nitrogen and oxygen atoms in total. The summed E-state index contributed by atoms with van der Waals surface area (Å²) >= 11 is 5.74. The normalized spacial score (nSPS) is 12.5. The van der Waals surface area contributed by atoms with Gasteiger partial charge in [-0.3, -0.25) is 4.79 Å². The number of benzene rings is 2. The maximum atomic E-state index is 12.5. The fourth-order valence-electron chi connectivity index (χ4n) is 2.32. The molecule has 0 aliphatic carbocycles. The lowest BCUT2D eigenvalue weighted by molar-refractivity contribution is 0.0316. The molecule has 25 heavy (non-hydrogen) atoms. The number of ether oxygens (including phenoxy) is 1. The molecule has 0 amide bonds. The average Bonchev–Trinajstić information content (AvgIpc) is 2.53. The van der Waals surface area contributed by atoms with Gasteiger partial charge in [0.25, 0.3) is 0 Å². The molecule has 1 N–H and O–H groups in total. The van der Waals surface area contributed by atoms with E-state index in [2.05, 4.69) is 20.8 Å². The first-order valence-electron chi connectivity index (χ1n) is 7.94. The van der Waals surface area contributed by atoms with E-state index in [9.17, 15) is 14.7 Å². The summed E-state index contributed by atoms with van der Waals surface area (Å²) in [6, 6.07) is 11.3. The van der Waals surface area contributed by atoms with Gasteiger partial charge in [-0.15, -0.1) is 0 Å². The first kappa shape index (κ1) is 19.0. The molecule has 0 bridgehead atoms. The summed E-state index contributed by atoms with van der Waals surface area (Å²) in [5.41, 5.74) is 1.53. The van der Waals surface area contributed by atoms with E-state index < -0.39 is 12.1 Å². The molecule has 0 fully saturated rings. The van der Waals surface area contributed by atoms with Gasteiger partial charge in [0.05, 0.1) is 0 Å². The van der Waals surface area contributed by atoms with Crippen LogP contribution in [0.25, 0.3) is 0 Å². The molecule has 1 atom stereocenters. The Morgan fingerprint density at radius 1 is 1.08 bits per heavy atom. The molecular weight excluding hydrogens is 340 g/mol. The van der Waals surface area contributed by atoms with Crippen molar-refractivity contribution in [1.29, 1.82) is 0 Å². The first-order valence-corrected chi connectivity index (χ1v) is 8.31. The Bertz CT molecular complexity index is 788. The number of rotatable bonds is 4. The van der Waals surface area contributed by atoms with E-state index in [-0.39, 0.29) is 22.5 Å². The van der Waals surface area contributed by atoms with Crippen LogP contribution in [0.2, 0.25) is 5.02 Å². The van der Waals surface area contributed by atoms with Gasteiger partial charge in [-0.2, -0.15) is 0 Å². The average molecular weight is 361 g/mol. The highest BCUT2D eigenvalue weighted by Crippen LogP contribution is 2.24. The molecule has 0 unspecified atom stereocenters. The maximum absolute atomic E-state index is 12.5. The molecule has 0 spiro atoms. The number of carbonyl (C=O) groups excluding carboxylic acids is 2. The summed E-state index contributed by atoms with van der Waals surface area (Å²) in [6.07, 6.45) is -0.969. The van der Waals surface area contributed by atoms with Crippen molar-refractivity contribution in [2.45, 2.75) is 39.2 Å². The summed E-state index contributed by atoms with van der Waals surface area (Å²) < 4.78 is 5.18. The Hall–Kier alpha value is -2.33. The molecule has 0 saturated heterocycles. The smallest absolute Gasteiger partial charge is 0.342 e. The summed E-state index contributed by atoms with van der Waals surface area (Å²) in [4.78, 5) is 24.6. The van der Waals surface area contributed by atoms with Crippen LogP contribution in [0.15, 0.2) is 42.5 Å². The molecule has 2 aromatic carbocycles. The molecule has 2 aromatic rings.